The van der Waals surface area contributed by atoms with Crippen molar-refractivity contribution in [3.05, 3.63) is 42.0 Å². The minimum absolute atomic E-state index is 0.164. The Hall–Kier alpha value is -2.54. The van der Waals surface area contributed by atoms with Crippen LogP contribution in [0.4, 0.5) is 0 Å². The molecule has 2 heterocycles. The first kappa shape index (κ1) is 16.3. The third-order valence-corrected chi connectivity index (χ3v) is 4.47. The van der Waals surface area contributed by atoms with Crippen LogP contribution in [0.25, 0.3) is 0 Å². The highest BCUT2D eigenvalue weighted by atomic mass is 16.5. The lowest BCUT2D eigenvalue weighted by molar-refractivity contribution is -0.141. The molecule has 7 nitrogen and oxygen atoms in total. The molecule has 1 saturated heterocycles. The number of imidazole rings is 1. The molecule has 2 atom stereocenters. The highest BCUT2D eigenvalue weighted by molar-refractivity contribution is 5.73. The maximum Gasteiger partial charge on any atom is 0.308 e. The fraction of sp³-hybridized carbons (Fsp3) is 0.412. The summed E-state index contributed by atoms with van der Waals surface area (Å²) in [5.41, 5.74) is 0.867. The summed E-state index contributed by atoms with van der Waals surface area (Å²) in [5.74, 6) is 0.590. The van der Waals surface area contributed by atoms with Crippen LogP contribution in [0.15, 0.2) is 30.6 Å². The smallest absolute Gasteiger partial charge is 0.308 e. The normalized spacial score (nSPS) is 20.9. The van der Waals surface area contributed by atoms with Crippen LogP contribution in [0.2, 0.25) is 0 Å². The van der Waals surface area contributed by atoms with Crippen LogP contribution in [-0.4, -0.2) is 53.3 Å². The van der Waals surface area contributed by atoms with Gasteiger partial charge in [0.15, 0.2) is 11.5 Å². The van der Waals surface area contributed by atoms with E-state index in [0.29, 0.717) is 31.1 Å². The van der Waals surface area contributed by atoms with Gasteiger partial charge in [0.05, 0.1) is 26.7 Å². The zero-order chi connectivity index (χ0) is 17.1. The summed E-state index contributed by atoms with van der Waals surface area (Å²) >= 11 is 0. The number of nitrogens with zero attached hydrogens (tertiary/aromatic N) is 2. The van der Waals surface area contributed by atoms with Gasteiger partial charge >= 0.3 is 5.97 Å². The molecule has 0 unspecified atom stereocenters. The molecule has 1 aliphatic heterocycles. The van der Waals surface area contributed by atoms with Crippen molar-refractivity contribution in [3.8, 4) is 11.5 Å². The minimum Gasteiger partial charge on any atom is -0.493 e. The molecule has 3 rings (SSSR count). The lowest BCUT2D eigenvalue weighted by atomic mass is 9.88. The number of hydrogen-bond acceptors (Lipinski definition) is 5. The first-order chi connectivity index (χ1) is 11.6. The van der Waals surface area contributed by atoms with Gasteiger partial charge < -0.3 is 19.6 Å². The summed E-state index contributed by atoms with van der Waals surface area (Å²) in [5, 5.41) is 9.66. The quantitative estimate of drug-likeness (QED) is 0.838. The summed E-state index contributed by atoms with van der Waals surface area (Å²) in [6.45, 7) is 1.70. The van der Waals surface area contributed by atoms with Gasteiger partial charge in [-0.3, -0.25) is 9.69 Å². The third kappa shape index (κ3) is 3.07. The van der Waals surface area contributed by atoms with Gasteiger partial charge in [0, 0.05) is 37.0 Å². The summed E-state index contributed by atoms with van der Waals surface area (Å²) in [4.78, 5) is 21.1. The average Bonchev–Trinajstić information content (AvgIpc) is 3.24. The number of H-pyrrole nitrogens is 1. The summed E-state index contributed by atoms with van der Waals surface area (Å²) in [6.07, 6.45) is 3.46. The van der Waals surface area contributed by atoms with Crippen LogP contribution in [0.1, 0.15) is 17.3 Å². The molecule has 2 aromatic rings. The number of likely N-dealkylation sites (tertiary alicyclic amines) is 1. The van der Waals surface area contributed by atoms with Gasteiger partial charge in [-0.15, -0.1) is 0 Å². The molecule has 0 radical (unpaired) electrons. The largest absolute Gasteiger partial charge is 0.493 e. The summed E-state index contributed by atoms with van der Waals surface area (Å²) in [7, 11) is 3.15. The molecule has 0 spiro atoms. The van der Waals surface area contributed by atoms with Gasteiger partial charge in [-0.2, -0.15) is 0 Å². The van der Waals surface area contributed by atoms with Crippen molar-refractivity contribution < 1.29 is 19.4 Å². The lowest BCUT2D eigenvalue weighted by Crippen LogP contribution is -2.23. The molecule has 0 amide bonds. The molecular weight excluding hydrogens is 310 g/mol. The number of rotatable bonds is 6. The van der Waals surface area contributed by atoms with Crippen LogP contribution in [0, 0.1) is 5.92 Å². The maximum atomic E-state index is 11.8. The first-order valence-electron chi connectivity index (χ1n) is 7.78. The number of benzene rings is 1. The molecule has 1 fully saturated rings. The van der Waals surface area contributed by atoms with E-state index < -0.39 is 11.9 Å². The van der Waals surface area contributed by atoms with Gasteiger partial charge in [-0.05, 0) is 6.07 Å². The molecule has 1 aliphatic rings. The molecule has 0 aliphatic carbocycles. The molecule has 2 N–H and O–H groups in total. The van der Waals surface area contributed by atoms with Crippen molar-refractivity contribution >= 4 is 5.97 Å². The van der Waals surface area contributed by atoms with Crippen molar-refractivity contribution in [3.63, 3.8) is 0 Å². The number of hydrogen-bond donors (Lipinski definition) is 2. The highest BCUT2D eigenvalue weighted by Gasteiger charge is 2.40. The van der Waals surface area contributed by atoms with E-state index in [1.165, 1.54) is 0 Å². The van der Waals surface area contributed by atoms with Crippen LogP contribution < -0.4 is 9.47 Å². The molecule has 0 bridgehead atoms. The van der Waals surface area contributed by atoms with E-state index in [1.54, 1.807) is 26.6 Å². The number of carboxylic acid groups (broad SMARTS) is 1. The predicted octanol–water partition coefficient (Wildman–Crippen LogP) is 1.73. The topological polar surface area (TPSA) is 87.7 Å². The van der Waals surface area contributed by atoms with Gasteiger partial charge in [0.2, 0.25) is 0 Å². The standard InChI is InChI=1S/C17H21N3O4/c1-23-14-5-3-4-11(16(14)24-2)12-8-20(9-13(12)17(21)22)10-15-18-6-7-19-15/h3-7,12-13H,8-10H2,1-2H3,(H,18,19)(H,21,22)/t12-,13+/m0/s1. The molecule has 128 valence electrons. The van der Waals surface area contributed by atoms with Gasteiger partial charge in [-0.1, -0.05) is 12.1 Å². The van der Waals surface area contributed by atoms with E-state index in [2.05, 4.69) is 14.9 Å². The fourth-order valence-electron chi connectivity index (χ4n) is 3.38. The summed E-state index contributed by atoms with van der Waals surface area (Å²) < 4.78 is 10.8. The Labute approximate surface area is 140 Å². The van der Waals surface area contributed by atoms with E-state index in [4.69, 9.17) is 9.47 Å². The number of carboxylic acids is 1. The Bertz CT molecular complexity index is 702. The summed E-state index contributed by atoms with van der Waals surface area (Å²) in [6, 6.07) is 5.59. The van der Waals surface area contributed by atoms with E-state index in [-0.39, 0.29) is 5.92 Å². The van der Waals surface area contributed by atoms with Crippen LogP contribution in [-0.2, 0) is 11.3 Å². The fourth-order valence-corrected chi connectivity index (χ4v) is 3.38. The molecule has 1 aromatic heterocycles. The molecule has 7 heteroatoms. The molecular formula is C17H21N3O4. The van der Waals surface area contributed by atoms with Crippen molar-refractivity contribution in [2.75, 3.05) is 27.3 Å². The van der Waals surface area contributed by atoms with Gasteiger partial charge in [0.1, 0.15) is 5.82 Å². The first-order valence-corrected chi connectivity index (χ1v) is 7.78. The highest BCUT2D eigenvalue weighted by Crippen LogP contribution is 2.42. The average molecular weight is 331 g/mol. The second-order valence-electron chi connectivity index (χ2n) is 5.86. The molecule has 24 heavy (non-hydrogen) atoms. The Morgan fingerprint density at radius 3 is 2.83 bits per heavy atom. The Kier molecular flexibility index (Phi) is 4.71. The number of aromatic nitrogens is 2. The monoisotopic (exact) mass is 331 g/mol. The maximum absolute atomic E-state index is 11.8. The number of methoxy groups -OCH3 is 2. The number of ether oxygens (including phenoxy) is 2. The number of aromatic amines is 1. The van der Waals surface area contributed by atoms with Gasteiger partial charge in [-0.25, -0.2) is 4.98 Å². The SMILES string of the molecule is COc1cccc([C@@H]2CN(Cc3ncc[nH]3)C[C@H]2C(=O)O)c1OC. The van der Waals surface area contributed by atoms with E-state index in [1.807, 2.05) is 18.2 Å². The van der Waals surface area contributed by atoms with E-state index in [0.717, 1.165) is 11.4 Å². The predicted molar refractivity (Wildman–Crippen MR) is 87.3 cm³/mol. The number of aliphatic carboxylic acids is 1. The second-order valence-corrected chi connectivity index (χ2v) is 5.86. The van der Waals surface area contributed by atoms with Crippen LogP contribution in [0.3, 0.4) is 0 Å². The third-order valence-electron chi connectivity index (χ3n) is 4.47. The molecule has 1 aromatic carbocycles. The van der Waals surface area contributed by atoms with Crippen molar-refractivity contribution in [1.82, 2.24) is 14.9 Å². The second kappa shape index (κ2) is 6.92. The minimum atomic E-state index is -0.799. The Morgan fingerprint density at radius 2 is 2.21 bits per heavy atom. The van der Waals surface area contributed by atoms with Crippen molar-refractivity contribution in [2.24, 2.45) is 5.92 Å². The van der Waals surface area contributed by atoms with Crippen molar-refractivity contribution in [1.29, 1.82) is 0 Å². The van der Waals surface area contributed by atoms with Crippen LogP contribution >= 0.6 is 0 Å². The Balaban J connectivity index is 1.89. The number of para-hydroxylation sites is 1. The van der Waals surface area contributed by atoms with E-state index in [9.17, 15) is 9.90 Å². The van der Waals surface area contributed by atoms with Gasteiger partial charge in [0.25, 0.3) is 0 Å². The molecule has 0 saturated carbocycles. The van der Waals surface area contributed by atoms with E-state index >= 15 is 0 Å². The Morgan fingerprint density at radius 1 is 1.38 bits per heavy atom. The number of carbonyl (C=O) groups is 1. The zero-order valence-electron chi connectivity index (χ0n) is 13.7. The van der Waals surface area contributed by atoms with Crippen LogP contribution in [0.5, 0.6) is 11.5 Å². The lowest BCUT2D eigenvalue weighted by Gasteiger charge is -2.20. The zero-order valence-corrected chi connectivity index (χ0v) is 13.7. The number of nitrogens with one attached hydrogen (secondary N) is 1. The van der Waals surface area contributed by atoms with Crippen molar-refractivity contribution in [2.45, 2.75) is 12.5 Å².